The van der Waals surface area contributed by atoms with Crippen molar-refractivity contribution in [3.8, 4) is 0 Å². The van der Waals surface area contributed by atoms with E-state index in [1.54, 1.807) is 12.1 Å². The molecule has 1 aromatic heterocycles. The first-order valence-electron chi connectivity index (χ1n) is 14.2. The smallest absolute Gasteiger partial charge is 0.230 e. The number of likely N-dealkylation sites (N-methyl/N-ethyl adjacent to an activating group) is 1. The molecule has 1 aliphatic heterocycles. The molecule has 0 radical (unpaired) electrons. The Bertz CT molecular complexity index is 1280. The lowest BCUT2D eigenvalue weighted by Crippen LogP contribution is -2.47. The van der Waals surface area contributed by atoms with Crippen LogP contribution in [0.25, 0.3) is 16.5 Å². The third-order valence-corrected chi connectivity index (χ3v) is 5.53. The third kappa shape index (κ3) is 2.56. The molecule has 1 amide bonds. The van der Waals surface area contributed by atoms with E-state index in [-0.39, 0.29) is 11.3 Å². The molecule has 0 saturated carbocycles. The third-order valence-electron chi connectivity index (χ3n) is 4.85. The Labute approximate surface area is 175 Å². The number of aromatic amines is 1. The normalized spacial score (nSPS) is 33.0. The van der Waals surface area contributed by atoms with Crippen molar-refractivity contribution in [2.24, 2.45) is 5.92 Å². The highest BCUT2D eigenvalue weighted by molar-refractivity contribution is 9.10. The lowest BCUT2D eigenvalue weighted by atomic mass is 9.79. The molecule has 4 nitrogen and oxygen atoms in total. The molecule has 2 aliphatic rings. The van der Waals surface area contributed by atoms with Gasteiger partial charge in [0.15, 0.2) is 0 Å². The topological polar surface area (TPSA) is 39.3 Å². The van der Waals surface area contributed by atoms with E-state index in [1.165, 1.54) is 6.08 Å². The van der Waals surface area contributed by atoms with Gasteiger partial charge in [-0.05, 0) is 65.8 Å². The summed E-state index contributed by atoms with van der Waals surface area (Å²) >= 11 is 3.47. The summed E-state index contributed by atoms with van der Waals surface area (Å²) in [6.07, 6.45) is 1.63. The van der Waals surface area contributed by atoms with Gasteiger partial charge in [0.2, 0.25) is 5.91 Å². The minimum atomic E-state index is -3.73. The van der Waals surface area contributed by atoms with Gasteiger partial charge in [0, 0.05) is 54.3 Å². The van der Waals surface area contributed by atoms with Crippen molar-refractivity contribution in [2.75, 3.05) is 26.5 Å². The van der Waals surface area contributed by atoms with Crippen LogP contribution in [0, 0.1) is 5.92 Å². The van der Waals surface area contributed by atoms with Crippen LogP contribution in [-0.2, 0) is 11.2 Å². The van der Waals surface area contributed by atoms with Crippen LogP contribution in [0.1, 0.15) is 42.7 Å². The van der Waals surface area contributed by atoms with Gasteiger partial charge in [-0.2, -0.15) is 0 Å². The molecule has 0 saturated heterocycles. The molecule has 2 aromatic rings. The lowest BCUT2D eigenvalue weighted by molar-refractivity contribution is -0.134. The van der Waals surface area contributed by atoms with Crippen molar-refractivity contribution < 1.29 is 22.6 Å². The molecule has 2 atom stereocenters. The van der Waals surface area contributed by atoms with E-state index in [4.69, 9.17) is 17.8 Å². The Morgan fingerprint density at radius 3 is 3.08 bits per heavy atom. The van der Waals surface area contributed by atoms with Crippen LogP contribution < -0.4 is 0 Å². The van der Waals surface area contributed by atoms with Crippen LogP contribution in [0.4, 0.5) is 0 Å². The molecule has 5 heteroatoms. The lowest BCUT2D eigenvalue weighted by Gasteiger charge is -2.40. The SMILES string of the molecule is [2H]C([2H])([2H])N1C[C@H](C(=O)N(C([2H])([2H])C([2H])([2H])[2H])C([2H])([2H])C([2H])([2H])[2H])C=C2c3cccc4[nH]c(Br)c(c34)C[C@H]21. The number of carbonyl (C=O) groups excluding carboxylic acids is 1. The molecule has 1 aliphatic carbocycles. The molecule has 1 N–H and O–H groups in total. The summed E-state index contributed by atoms with van der Waals surface area (Å²) < 4.78 is 103. The Morgan fingerprint density at radius 1 is 1.48 bits per heavy atom. The number of hydrogen-bond donors (Lipinski definition) is 1. The second-order valence-corrected chi connectivity index (χ2v) is 6.94. The minimum absolute atomic E-state index is 0.249. The van der Waals surface area contributed by atoms with Gasteiger partial charge in [0.05, 0.1) is 10.5 Å². The highest BCUT2D eigenvalue weighted by Crippen LogP contribution is 2.43. The van der Waals surface area contributed by atoms with Gasteiger partial charge in [0.25, 0.3) is 0 Å². The molecular weight excluding hydrogens is 378 g/mol. The number of benzene rings is 1. The number of nitrogens with one attached hydrogen (secondary N) is 1. The number of aromatic nitrogens is 1. The molecule has 1 aromatic carbocycles. The molecule has 4 rings (SSSR count). The van der Waals surface area contributed by atoms with Gasteiger partial charge in [-0.1, -0.05) is 18.2 Å². The summed E-state index contributed by atoms with van der Waals surface area (Å²) in [6.45, 7) is -18.0. The van der Waals surface area contributed by atoms with Crippen molar-refractivity contribution in [3.63, 3.8) is 0 Å². The molecular formula is C20H24BrN3O. The summed E-state index contributed by atoms with van der Waals surface area (Å²) in [7, 11) is 0. The predicted octanol–water partition coefficient (Wildman–Crippen LogP) is 3.67. The van der Waals surface area contributed by atoms with Gasteiger partial charge in [0.1, 0.15) is 0 Å². The van der Waals surface area contributed by atoms with Gasteiger partial charge in [-0.25, -0.2) is 0 Å². The van der Waals surface area contributed by atoms with Crippen molar-refractivity contribution >= 4 is 38.3 Å². The zero-order valence-corrected chi connectivity index (χ0v) is 14.6. The maximum Gasteiger partial charge on any atom is 0.230 e. The number of carbonyl (C=O) groups is 1. The number of amides is 1. The zero-order valence-electron chi connectivity index (χ0n) is 26.1. The van der Waals surface area contributed by atoms with E-state index in [9.17, 15) is 4.79 Å². The van der Waals surface area contributed by atoms with Crippen molar-refractivity contribution in [3.05, 3.63) is 40.0 Å². The summed E-state index contributed by atoms with van der Waals surface area (Å²) in [5, 5.41) is 0.785. The van der Waals surface area contributed by atoms with Crippen LogP contribution in [-0.4, -0.2) is 53.2 Å². The van der Waals surface area contributed by atoms with Gasteiger partial charge in [-0.3, -0.25) is 9.69 Å². The summed E-state index contributed by atoms with van der Waals surface area (Å²) in [5.41, 5.74) is 2.60. The second kappa shape index (κ2) is 6.29. The molecule has 25 heavy (non-hydrogen) atoms. The van der Waals surface area contributed by atoms with E-state index in [2.05, 4.69) is 20.9 Å². The van der Waals surface area contributed by atoms with Crippen LogP contribution in [0.3, 0.4) is 0 Å². The number of halogens is 1. The Balaban J connectivity index is 1.93. The van der Waals surface area contributed by atoms with Gasteiger partial charge in [-0.15, -0.1) is 0 Å². The molecule has 0 bridgehead atoms. The van der Waals surface area contributed by atoms with E-state index >= 15 is 0 Å². The van der Waals surface area contributed by atoms with Crippen LogP contribution >= 0.6 is 15.9 Å². The Morgan fingerprint density at radius 2 is 2.32 bits per heavy atom. The van der Waals surface area contributed by atoms with Crippen molar-refractivity contribution in [1.82, 2.24) is 14.8 Å². The zero-order chi connectivity index (χ0) is 28.8. The van der Waals surface area contributed by atoms with Crippen LogP contribution in [0.2, 0.25) is 0 Å². The first-order chi connectivity index (χ1) is 17.1. The van der Waals surface area contributed by atoms with Gasteiger partial charge < -0.3 is 9.88 Å². The second-order valence-electron chi connectivity index (χ2n) is 6.14. The fourth-order valence-corrected chi connectivity index (χ4v) is 4.31. The summed E-state index contributed by atoms with van der Waals surface area (Å²) in [5.74, 6) is -3.05. The number of nitrogens with zero attached hydrogens (tertiary/aromatic N) is 2. The molecule has 2 heterocycles. The Kier molecular flexibility index (Phi) is 1.90. The van der Waals surface area contributed by atoms with Gasteiger partial charge >= 0.3 is 0 Å². The maximum absolute atomic E-state index is 13.8. The summed E-state index contributed by atoms with van der Waals surface area (Å²) in [4.78, 5) is 17.6. The number of rotatable bonds is 3. The molecule has 0 unspecified atom stereocenters. The van der Waals surface area contributed by atoms with E-state index in [0.29, 0.717) is 15.7 Å². The Hall–Kier alpha value is -1.59. The monoisotopic (exact) mass is 414 g/mol. The number of fused-ring (bicyclic) bond motifs is 2. The van der Waals surface area contributed by atoms with E-state index in [1.807, 2.05) is 6.07 Å². The number of H-pyrrole nitrogens is 1. The van der Waals surface area contributed by atoms with Crippen molar-refractivity contribution in [2.45, 2.75) is 26.2 Å². The largest absolute Gasteiger partial charge is 0.349 e. The van der Waals surface area contributed by atoms with Crippen molar-refractivity contribution in [1.29, 1.82) is 0 Å². The molecule has 132 valence electrons. The van der Waals surface area contributed by atoms with E-state index in [0.717, 1.165) is 21.4 Å². The number of hydrogen-bond acceptors (Lipinski definition) is 2. The highest BCUT2D eigenvalue weighted by atomic mass is 79.9. The fourth-order valence-electron chi connectivity index (χ4n) is 3.74. The standard InChI is InChI=1S/C20H24BrN3O/c1-4-24(5-2)20(25)12-9-14-13-7-6-8-16-18(13)15(19(21)22-16)10-17(14)23(3)11-12/h6-9,12,17,22H,4-5,10-11H2,1-3H3/t12-,17-/m1/s1/i1D3,2D3,3D3,4D2,5D2. The average Bonchev–Trinajstić information content (AvgIpc) is 3.07. The predicted molar refractivity (Wildman–Crippen MR) is 106 cm³/mol. The molecule has 0 spiro atoms. The molecule has 0 fully saturated rings. The first kappa shape index (κ1) is 7.57. The fraction of sp³-hybridized carbons (Fsp3) is 0.450. The van der Waals surface area contributed by atoms with Crippen LogP contribution in [0.5, 0.6) is 0 Å². The maximum atomic E-state index is 13.8. The highest BCUT2D eigenvalue weighted by Gasteiger charge is 2.37. The summed E-state index contributed by atoms with van der Waals surface area (Å²) in [6, 6.07) is 4.55. The average molecular weight is 415 g/mol. The minimum Gasteiger partial charge on any atom is -0.349 e. The first-order valence-corrected chi connectivity index (χ1v) is 8.52. The quantitative estimate of drug-likeness (QED) is 0.831. The van der Waals surface area contributed by atoms with E-state index < -0.39 is 58.1 Å². The van der Waals surface area contributed by atoms with Crippen LogP contribution in [0.15, 0.2) is 28.9 Å².